The van der Waals surface area contributed by atoms with Crippen LogP contribution in [0.3, 0.4) is 0 Å². The summed E-state index contributed by atoms with van der Waals surface area (Å²) in [6.45, 7) is 1.72. The van der Waals surface area contributed by atoms with Crippen LogP contribution in [0.15, 0.2) is 42.7 Å². The van der Waals surface area contributed by atoms with E-state index in [-0.39, 0.29) is 18.8 Å². The molecule has 0 amide bonds. The summed E-state index contributed by atoms with van der Waals surface area (Å²) in [5, 5.41) is 0. The molecule has 1 atom stereocenters. The first-order valence-corrected chi connectivity index (χ1v) is 7.68. The van der Waals surface area contributed by atoms with Gasteiger partial charge in [-0.1, -0.05) is 24.3 Å². The Morgan fingerprint density at radius 1 is 1.26 bits per heavy atom. The topological polar surface area (TPSA) is 69.7 Å². The molecular weight excluding hydrogens is 296 g/mol. The summed E-state index contributed by atoms with van der Waals surface area (Å²) >= 11 is 0. The Balaban J connectivity index is 1.98. The SMILES string of the molecule is CC=COC(=O)C1(CCOC(=O)c2ccccc2)CCCC1=O. The van der Waals surface area contributed by atoms with E-state index in [2.05, 4.69) is 0 Å². The molecule has 5 heteroatoms. The van der Waals surface area contributed by atoms with Gasteiger partial charge >= 0.3 is 11.9 Å². The molecule has 1 aliphatic carbocycles. The second kappa shape index (κ2) is 7.72. The van der Waals surface area contributed by atoms with Crippen molar-refractivity contribution in [1.29, 1.82) is 0 Å². The molecule has 1 fully saturated rings. The third-order valence-corrected chi connectivity index (χ3v) is 4.01. The van der Waals surface area contributed by atoms with E-state index in [1.54, 1.807) is 43.3 Å². The fourth-order valence-electron chi connectivity index (χ4n) is 2.73. The number of Topliss-reactive ketones (excluding diaryl/α,β-unsaturated/α-hetero) is 1. The number of hydrogen-bond donors (Lipinski definition) is 0. The Kier molecular flexibility index (Phi) is 5.68. The van der Waals surface area contributed by atoms with E-state index in [1.165, 1.54) is 6.26 Å². The highest BCUT2D eigenvalue weighted by Gasteiger charge is 2.49. The number of hydrogen-bond acceptors (Lipinski definition) is 5. The molecule has 1 saturated carbocycles. The molecule has 0 aromatic heterocycles. The number of ketones is 1. The van der Waals surface area contributed by atoms with Crippen molar-refractivity contribution in [1.82, 2.24) is 0 Å². The molecular formula is C18H20O5. The first-order valence-electron chi connectivity index (χ1n) is 7.68. The lowest BCUT2D eigenvalue weighted by molar-refractivity contribution is -0.155. The predicted octanol–water partition coefficient (Wildman–Crippen LogP) is 3.05. The highest BCUT2D eigenvalue weighted by Crippen LogP contribution is 2.39. The summed E-state index contributed by atoms with van der Waals surface area (Å²) in [5.74, 6) is -1.16. The van der Waals surface area contributed by atoms with Crippen LogP contribution in [0.25, 0.3) is 0 Å². The normalized spacial score (nSPS) is 20.7. The van der Waals surface area contributed by atoms with Crippen LogP contribution in [0.2, 0.25) is 0 Å². The van der Waals surface area contributed by atoms with Crippen molar-refractivity contribution in [3.05, 3.63) is 48.2 Å². The van der Waals surface area contributed by atoms with Crippen molar-refractivity contribution in [3.63, 3.8) is 0 Å². The van der Waals surface area contributed by atoms with Gasteiger partial charge in [0.1, 0.15) is 11.2 Å². The molecule has 2 rings (SSSR count). The zero-order chi connectivity index (χ0) is 16.7. The lowest BCUT2D eigenvalue weighted by atomic mass is 9.82. The Labute approximate surface area is 135 Å². The largest absolute Gasteiger partial charge is 0.462 e. The van der Waals surface area contributed by atoms with Crippen LogP contribution in [0.4, 0.5) is 0 Å². The fraction of sp³-hybridized carbons (Fsp3) is 0.389. The average Bonchev–Trinajstić information content (AvgIpc) is 2.95. The Bertz CT molecular complexity index is 605. The van der Waals surface area contributed by atoms with Crippen LogP contribution in [0.1, 0.15) is 43.0 Å². The van der Waals surface area contributed by atoms with E-state index >= 15 is 0 Å². The second-order valence-electron chi connectivity index (χ2n) is 5.49. The summed E-state index contributed by atoms with van der Waals surface area (Å²) in [4.78, 5) is 36.3. The van der Waals surface area contributed by atoms with Gasteiger partial charge in [-0.15, -0.1) is 0 Å². The highest BCUT2D eigenvalue weighted by molar-refractivity contribution is 6.05. The maximum atomic E-state index is 12.2. The smallest absolute Gasteiger partial charge is 0.338 e. The summed E-state index contributed by atoms with van der Waals surface area (Å²) < 4.78 is 10.2. The van der Waals surface area contributed by atoms with Crippen LogP contribution in [-0.2, 0) is 19.1 Å². The zero-order valence-corrected chi connectivity index (χ0v) is 13.1. The lowest BCUT2D eigenvalue weighted by Crippen LogP contribution is -2.37. The number of carbonyl (C=O) groups excluding carboxylic acids is 3. The van der Waals surface area contributed by atoms with Crippen molar-refractivity contribution in [2.24, 2.45) is 5.41 Å². The highest BCUT2D eigenvalue weighted by atomic mass is 16.5. The summed E-state index contributed by atoms with van der Waals surface area (Å²) in [6, 6.07) is 8.60. The summed E-state index contributed by atoms with van der Waals surface area (Å²) in [6.07, 6.45) is 4.45. The summed E-state index contributed by atoms with van der Waals surface area (Å²) in [5.41, 5.74) is -0.744. The number of rotatable bonds is 6. The van der Waals surface area contributed by atoms with Gasteiger partial charge in [0.15, 0.2) is 0 Å². The number of esters is 2. The van der Waals surface area contributed by atoms with Crippen LogP contribution < -0.4 is 0 Å². The van der Waals surface area contributed by atoms with Crippen LogP contribution in [0, 0.1) is 5.41 Å². The molecule has 1 aliphatic rings. The van der Waals surface area contributed by atoms with Gasteiger partial charge in [0.05, 0.1) is 18.4 Å². The predicted molar refractivity (Wildman–Crippen MR) is 83.5 cm³/mol. The lowest BCUT2D eigenvalue weighted by Gasteiger charge is -2.23. The Morgan fingerprint density at radius 3 is 2.61 bits per heavy atom. The molecule has 1 unspecified atom stereocenters. The van der Waals surface area contributed by atoms with E-state index in [0.717, 1.165) is 0 Å². The Hall–Kier alpha value is -2.43. The molecule has 0 bridgehead atoms. The van der Waals surface area contributed by atoms with Gasteiger partial charge < -0.3 is 9.47 Å². The van der Waals surface area contributed by atoms with Gasteiger partial charge in [-0.2, -0.15) is 0 Å². The molecule has 0 aliphatic heterocycles. The van der Waals surface area contributed by atoms with E-state index < -0.39 is 17.4 Å². The molecule has 1 aromatic rings. The minimum absolute atomic E-state index is 0.00437. The average molecular weight is 316 g/mol. The van der Waals surface area contributed by atoms with E-state index in [4.69, 9.17) is 9.47 Å². The first-order chi connectivity index (χ1) is 11.1. The minimum Gasteiger partial charge on any atom is -0.462 e. The van der Waals surface area contributed by atoms with E-state index in [1.807, 2.05) is 0 Å². The molecule has 0 spiro atoms. The number of ether oxygens (including phenoxy) is 2. The standard InChI is InChI=1S/C18H20O5/c1-2-12-23-17(21)18(10-6-9-15(18)19)11-13-22-16(20)14-7-4-3-5-8-14/h2-5,7-8,12H,6,9-11,13H2,1H3. The molecule has 0 radical (unpaired) electrons. The third-order valence-electron chi connectivity index (χ3n) is 4.01. The van der Waals surface area contributed by atoms with E-state index in [0.29, 0.717) is 24.8 Å². The van der Waals surface area contributed by atoms with Crippen LogP contribution >= 0.6 is 0 Å². The van der Waals surface area contributed by atoms with Crippen molar-refractivity contribution in [2.75, 3.05) is 6.61 Å². The van der Waals surface area contributed by atoms with Crippen molar-refractivity contribution < 1.29 is 23.9 Å². The molecule has 5 nitrogen and oxygen atoms in total. The molecule has 0 saturated heterocycles. The second-order valence-corrected chi connectivity index (χ2v) is 5.49. The van der Waals surface area contributed by atoms with Gasteiger partial charge in [0, 0.05) is 12.8 Å². The molecule has 23 heavy (non-hydrogen) atoms. The van der Waals surface area contributed by atoms with Gasteiger partial charge in [-0.05, 0) is 31.9 Å². The quantitative estimate of drug-likeness (QED) is 0.458. The van der Waals surface area contributed by atoms with Gasteiger partial charge in [0.25, 0.3) is 0 Å². The molecule has 1 aromatic carbocycles. The van der Waals surface area contributed by atoms with Gasteiger partial charge in [0.2, 0.25) is 0 Å². The maximum Gasteiger partial charge on any atom is 0.338 e. The molecule has 122 valence electrons. The monoisotopic (exact) mass is 316 g/mol. The van der Waals surface area contributed by atoms with Crippen LogP contribution in [0.5, 0.6) is 0 Å². The van der Waals surface area contributed by atoms with E-state index in [9.17, 15) is 14.4 Å². The number of carbonyl (C=O) groups is 3. The van der Waals surface area contributed by atoms with Gasteiger partial charge in [-0.25, -0.2) is 4.79 Å². The molecule has 0 N–H and O–H groups in total. The first kappa shape index (κ1) is 16.9. The van der Waals surface area contributed by atoms with Crippen molar-refractivity contribution in [3.8, 4) is 0 Å². The zero-order valence-electron chi connectivity index (χ0n) is 13.1. The van der Waals surface area contributed by atoms with Crippen molar-refractivity contribution >= 4 is 17.7 Å². The van der Waals surface area contributed by atoms with Crippen molar-refractivity contribution in [2.45, 2.75) is 32.6 Å². The summed E-state index contributed by atoms with van der Waals surface area (Å²) in [7, 11) is 0. The van der Waals surface area contributed by atoms with Gasteiger partial charge in [-0.3, -0.25) is 9.59 Å². The molecule has 0 heterocycles. The van der Waals surface area contributed by atoms with Crippen LogP contribution in [-0.4, -0.2) is 24.3 Å². The number of benzene rings is 1. The number of allylic oxidation sites excluding steroid dienone is 1. The fourth-order valence-corrected chi connectivity index (χ4v) is 2.73. The minimum atomic E-state index is -1.18. The maximum absolute atomic E-state index is 12.2. The Morgan fingerprint density at radius 2 is 2.00 bits per heavy atom. The third kappa shape index (κ3) is 3.86.